The van der Waals surface area contributed by atoms with Gasteiger partial charge in [-0.1, -0.05) is 78.9 Å². The van der Waals surface area contributed by atoms with Gasteiger partial charge < -0.3 is 18.0 Å². The van der Waals surface area contributed by atoms with Crippen molar-refractivity contribution in [1.82, 2.24) is 9.13 Å². The third kappa shape index (κ3) is 4.13. The number of hydrogen-bond acceptors (Lipinski definition) is 3. The van der Waals surface area contributed by atoms with Crippen molar-refractivity contribution in [3.8, 4) is 28.6 Å². The zero-order valence-electron chi connectivity index (χ0n) is 29.6. The van der Waals surface area contributed by atoms with Gasteiger partial charge >= 0.3 is 0 Å². The molecule has 8 aromatic carbocycles. The Morgan fingerprint density at radius 3 is 2.04 bits per heavy atom. The minimum atomic E-state index is 0.538. The van der Waals surface area contributed by atoms with Crippen molar-refractivity contribution in [2.75, 3.05) is 0 Å². The average Bonchev–Trinajstić information content (AvgIpc) is 4.00. The van der Waals surface area contributed by atoms with Crippen molar-refractivity contribution in [2.45, 2.75) is 0 Å². The molecule has 12 aromatic rings. The molecule has 0 radical (unpaired) electrons. The van der Waals surface area contributed by atoms with Crippen molar-refractivity contribution in [2.24, 2.45) is 0 Å². The molecule has 6 heteroatoms. The van der Waals surface area contributed by atoms with Crippen molar-refractivity contribution >= 4 is 93.2 Å². The molecule has 0 unspecified atom stereocenters. The molecule has 0 N–H and O–H groups in total. The maximum Gasteiger partial charge on any atom is 0.188 e. The number of rotatable bonds is 3. The van der Waals surface area contributed by atoms with Crippen LogP contribution in [-0.2, 0) is 0 Å². The van der Waals surface area contributed by atoms with Gasteiger partial charge in [0, 0.05) is 43.7 Å². The van der Waals surface area contributed by atoms with Crippen molar-refractivity contribution in [3.63, 3.8) is 0 Å². The van der Waals surface area contributed by atoms with E-state index in [9.17, 15) is 5.26 Å². The van der Waals surface area contributed by atoms with Gasteiger partial charge in [-0.3, -0.25) is 0 Å². The maximum absolute atomic E-state index is 10.5. The molecule has 258 valence electrons. The van der Waals surface area contributed by atoms with Gasteiger partial charge in [0.05, 0.1) is 45.7 Å². The smallest absolute Gasteiger partial charge is 0.188 e. The van der Waals surface area contributed by atoms with Crippen LogP contribution < -0.4 is 0 Å². The van der Waals surface area contributed by atoms with Gasteiger partial charge in [0.25, 0.3) is 0 Å². The molecule has 4 aromatic heterocycles. The molecule has 0 aliphatic carbocycles. The van der Waals surface area contributed by atoms with Crippen molar-refractivity contribution < 1.29 is 8.83 Å². The topological polar surface area (TPSA) is 64.3 Å². The summed E-state index contributed by atoms with van der Waals surface area (Å²) in [5, 5.41) is 18.9. The van der Waals surface area contributed by atoms with Gasteiger partial charge in [-0.25, -0.2) is 4.85 Å². The van der Waals surface area contributed by atoms with Crippen molar-refractivity contribution in [3.05, 3.63) is 175 Å². The molecule has 0 aliphatic rings. The summed E-state index contributed by atoms with van der Waals surface area (Å²) in [6.07, 6.45) is 0. The lowest BCUT2D eigenvalue weighted by molar-refractivity contribution is 0.669. The lowest BCUT2D eigenvalue weighted by Gasteiger charge is -2.14. The molecule has 0 aliphatic heterocycles. The van der Waals surface area contributed by atoms with E-state index in [0.717, 1.165) is 105 Å². The first-order valence-corrected chi connectivity index (χ1v) is 18.4. The van der Waals surface area contributed by atoms with Gasteiger partial charge in [0.2, 0.25) is 0 Å². The quantitative estimate of drug-likeness (QED) is 0.171. The van der Waals surface area contributed by atoms with E-state index in [0.29, 0.717) is 11.3 Å². The largest absolute Gasteiger partial charge is 0.456 e. The fraction of sp³-hybridized carbons (Fsp3) is 0. The second kappa shape index (κ2) is 11.2. The minimum Gasteiger partial charge on any atom is -0.456 e. The molecule has 6 nitrogen and oxygen atoms in total. The average molecular weight is 715 g/mol. The molecule has 0 fully saturated rings. The molecule has 0 amide bonds. The van der Waals surface area contributed by atoms with E-state index in [4.69, 9.17) is 15.4 Å². The Hall–Kier alpha value is -8.06. The highest BCUT2D eigenvalue weighted by molar-refractivity contribution is 6.25. The van der Waals surface area contributed by atoms with E-state index in [1.807, 2.05) is 60.7 Å². The van der Waals surface area contributed by atoms with Crippen LogP contribution in [-0.4, -0.2) is 9.13 Å². The van der Waals surface area contributed by atoms with E-state index in [1.165, 1.54) is 5.39 Å². The van der Waals surface area contributed by atoms with Crippen LogP contribution in [0.2, 0.25) is 0 Å². The summed E-state index contributed by atoms with van der Waals surface area (Å²) in [7, 11) is 0. The molecular weight excluding hydrogens is 689 g/mol. The van der Waals surface area contributed by atoms with Gasteiger partial charge in [0.1, 0.15) is 16.7 Å². The predicted octanol–water partition coefficient (Wildman–Crippen LogP) is 13.8. The van der Waals surface area contributed by atoms with E-state index in [1.54, 1.807) is 0 Å². The van der Waals surface area contributed by atoms with E-state index < -0.39 is 0 Å². The second-order valence-corrected chi connectivity index (χ2v) is 14.3. The molecule has 12 rings (SSSR count). The number of furan rings is 2. The summed E-state index contributed by atoms with van der Waals surface area (Å²) in [5.74, 6) is 0. The fourth-order valence-electron chi connectivity index (χ4n) is 8.94. The number of fused-ring (bicyclic) bond motifs is 14. The normalized spacial score (nSPS) is 11.9. The first kappa shape index (κ1) is 30.4. The third-order valence-electron chi connectivity index (χ3n) is 11.3. The Bertz CT molecular complexity index is 3750. The Morgan fingerprint density at radius 1 is 0.482 bits per heavy atom. The molecule has 0 atom stereocenters. The first-order valence-electron chi connectivity index (χ1n) is 18.4. The van der Waals surface area contributed by atoms with Crippen LogP contribution in [0.5, 0.6) is 0 Å². The van der Waals surface area contributed by atoms with Crippen LogP contribution in [0, 0.1) is 17.9 Å². The third-order valence-corrected chi connectivity index (χ3v) is 11.3. The lowest BCUT2D eigenvalue weighted by atomic mass is 10.0. The summed E-state index contributed by atoms with van der Waals surface area (Å²) in [6, 6.07) is 56.1. The van der Waals surface area contributed by atoms with Crippen LogP contribution in [0.3, 0.4) is 0 Å². The van der Waals surface area contributed by atoms with Crippen LogP contribution in [0.25, 0.3) is 115 Å². The first-order chi connectivity index (χ1) is 27.7. The standard InChI is InChI=1S/C50H26N4O2/c1-52-32-17-21-43-41(27-32)38-18-19-39-36-12-3-6-15-44(36)56-50(39)49(38)54(43)34-24-29(28-51)23-31(26-34)30-9-8-10-33(25-30)53-42-14-5-2-11-35(42)37-20-22-46-47(48(37)53)40-13-4-7-16-45(40)55-46/h2-27H. The van der Waals surface area contributed by atoms with Crippen molar-refractivity contribution in [1.29, 1.82) is 5.26 Å². The number of nitrogens with zero attached hydrogens (tertiary/aromatic N) is 4. The highest BCUT2D eigenvalue weighted by Gasteiger charge is 2.22. The minimum absolute atomic E-state index is 0.538. The molecule has 0 spiro atoms. The molecular formula is C50H26N4O2. The Labute approximate surface area is 318 Å². The van der Waals surface area contributed by atoms with Gasteiger partial charge in [-0.15, -0.1) is 0 Å². The van der Waals surface area contributed by atoms with Gasteiger partial charge in [-0.05, 0) is 95.4 Å². The van der Waals surface area contributed by atoms with Gasteiger partial charge in [-0.2, -0.15) is 5.26 Å². The summed E-state index contributed by atoms with van der Waals surface area (Å²) < 4.78 is 17.5. The van der Waals surface area contributed by atoms with Crippen LogP contribution in [0.1, 0.15) is 5.56 Å². The number of para-hydroxylation sites is 3. The van der Waals surface area contributed by atoms with E-state index in [2.05, 4.69) is 117 Å². The summed E-state index contributed by atoms with van der Waals surface area (Å²) in [4.78, 5) is 3.75. The Balaban J connectivity index is 1.13. The Kier molecular flexibility index (Phi) is 6.10. The van der Waals surface area contributed by atoms with Crippen LogP contribution in [0.15, 0.2) is 167 Å². The SMILES string of the molecule is [C-]#[N+]c1ccc2c(c1)c1ccc3c4ccccc4oc3c1n2-c1cc(C#N)cc(-c2cccc(-n3c4ccccc4c4ccc5oc6ccccc6c5c43)c2)c1. The highest BCUT2D eigenvalue weighted by Crippen LogP contribution is 2.44. The fourth-order valence-corrected chi connectivity index (χ4v) is 8.94. The van der Waals surface area contributed by atoms with E-state index in [-0.39, 0.29) is 0 Å². The maximum atomic E-state index is 10.5. The summed E-state index contributed by atoms with van der Waals surface area (Å²) in [5.41, 5.74) is 12.1. The molecule has 4 heterocycles. The molecule has 56 heavy (non-hydrogen) atoms. The molecule has 0 saturated carbocycles. The lowest BCUT2D eigenvalue weighted by Crippen LogP contribution is -1.97. The van der Waals surface area contributed by atoms with Crippen LogP contribution >= 0.6 is 0 Å². The second-order valence-electron chi connectivity index (χ2n) is 14.3. The summed E-state index contributed by atoms with van der Waals surface area (Å²) in [6.45, 7) is 7.76. The number of aromatic nitrogens is 2. The highest BCUT2D eigenvalue weighted by atomic mass is 16.3. The monoisotopic (exact) mass is 714 g/mol. The van der Waals surface area contributed by atoms with Crippen LogP contribution in [0.4, 0.5) is 5.69 Å². The number of benzene rings is 8. The zero-order valence-corrected chi connectivity index (χ0v) is 29.6. The van der Waals surface area contributed by atoms with E-state index >= 15 is 0 Å². The predicted molar refractivity (Wildman–Crippen MR) is 226 cm³/mol. The molecule has 0 saturated heterocycles. The van der Waals surface area contributed by atoms with Gasteiger partial charge in [0.15, 0.2) is 11.3 Å². The number of nitriles is 1. The summed E-state index contributed by atoms with van der Waals surface area (Å²) >= 11 is 0. The molecule has 0 bridgehead atoms. The zero-order chi connectivity index (χ0) is 37.1. The number of hydrogen-bond donors (Lipinski definition) is 0. The Morgan fingerprint density at radius 2 is 1.18 bits per heavy atom.